The monoisotopic (exact) mass is 445 g/mol. The average molecular weight is 446 g/mol. The molecule has 5 rings (SSSR count). The third-order valence-electron chi connectivity index (χ3n) is 7.27. The van der Waals surface area contributed by atoms with Crippen LogP contribution in [0.15, 0.2) is 121 Å². The molecule has 0 aliphatic carbocycles. The molecule has 2 heteroatoms. The molecule has 170 valence electrons. The summed E-state index contributed by atoms with van der Waals surface area (Å²) in [5.41, 5.74) is 4.65. The smallest absolute Gasteiger partial charge is 0.167 e. The van der Waals surface area contributed by atoms with Crippen LogP contribution in [0.3, 0.4) is 0 Å². The van der Waals surface area contributed by atoms with Crippen LogP contribution >= 0.6 is 0 Å². The summed E-state index contributed by atoms with van der Waals surface area (Å²) >= 11 is 0. The lowest BCUT2D eigenvalue weighted by Crippen LogP contribution is -2.48. The summed E-state index contributed by atoms with van der Waals surface area (Å²) in [4.78, 5) is 16.5. The van der Waals surface area contributed by atoms with Crippen molar-refractivity contribution in [3.8, 4) is 0 Å². The first-order valence-electron chi connectivity index (χ1n) is 12.2. The Hall–Kier alpha value is -3.49. The SMILES string of the molecule is C[C@@H]1[C@@H](c2ccccc2)[C@@H](C(=O)c2ccccc2)CN(Cc2ccccc2)[C@@H]1c1ccccc1. The van der Waals surface area contributed by atoms with Crippen LogP contribution < -0.4 is 0 Å². The molecule has 34 heavy (non-hydrogen) atoms. The lowest BCUT2D eigenvalue weighted by atomic mass is 9.67. The Balaban J connectivity index is 1.59. The van der Waals surface area contributed by atoms with Crippen molar-refractivity contribution in [2.45, 2.75) is 25.4 Å². The summed E-state index contributed by atoms with van der Waals surface area (Å²) in [5.74, 6) is 0.542. The first-order valence-corrected chi connectivity index (χ1v) is 12.2. The summed E-state index contributed by atoms with van der Waals surface area (Å²) in [5, 5.41) is 0. The van der Waals surface area contributed by atoms with Gasteiger partial charge in [-0.2, -0.15) is 0 Å². The zero-order valence-corrected chi connectivity index (χ0v) is 19.6. The van der Waals surface area contributed by atoms with E-state index in [0.29, 0.717) is 0 Å². The molecule has 0 aromatic heterocycles. The fourth-order valence-corrected chi connectivity index (χ4v) is 5.79. The van der Waals surface area contributed by atoms with Crippen molar-refractivity contribution in [3.05, 3.63) is 144 Å². The molecule has 0 saturated carbocycles. The van der Waals surface area contributed by atoms with E-state index in [0.717, 1.165) is 18.7 Å². The second kappa shape index (κ2) is 10.2. The van der Waals surface area contributed by atoms with Gasteiger partial charge in [-0.25, -0.2) is 0 Å². The molecule has 4 atom stereocenters. The molecular formula is C32H31NO. The molecule has 4 aromatic carbocycles. The van der Waals surface area contributed by atoms with Gasteiger partial charge in [0.2, 0.25) is 0 Å². The highest BCUT2D eigenvalue weighted by molar-refractivity contribution is 5.98. The fourth-order valence-electron chi connectivity index (χ4n) is 5.79. The predicted molar refractivity (Wildman–Crippen MR) is 139 cm³/mol. The summed E-state index contributed by atoms with van der Waals surface area (Å²) in [7, 11) is 0. The van der Waals surface area contributed by atoms with Crippen molar-refractivity contribution < 1.29 is 4.79 Å². The minimum absolute atomic E-state index is 0.108. The van der Waals surface area contributed by atoms with E-state index < -0.39 is 0 Å². The van der Waals surface area contributed by atoms with E-state index in [4.69, 9.17) is 0 Å². The van der Waals surface area contributed by atoms with Crippen LogP contribution in [0, 0.1) is 11.8 Å². The molecule has 0 N–H and O–H groups in total. The minimum Gasteiger partial charge on any atom is -0.294 e. The van der Waals surface area contributed by atoms with Crippen molar-refractivity contribution >= 4 is 5.78 Å². The molecule has 1 aliphatic heterocycles. The maximum absolute atomic E-state index is 13.9. The van der Waals surface area contributed by atoms with Crippen molar-refractivity contribution in [3.63, 3.8) is 0 Å². The van der Waals surface area contributed by atoms with Gasteiger partial charge < -0.3 is 0 Å². The number of rotatable bonds is 6. The number of hydrogen-bond acceptors (Lipinski definition) is 2. The second-order valence-corrected chi connectivity index (χ2v) is 9.40. The van der Waals surface area contributed by atoms with Gasteiger partial charge >= 0.3 is 0 Å². The molecule has 0 radical (unpaired) electrons. The molecule has 1 aliphatic rings. The predicted octanol–water partition coefficient (Wildman–Crippen LogP) is 7.16. The Kier molecular flexibility index (Phi) is 6.69. The number of piperidine rings is 1. The third kappa shape index (κ3) is 4.60. The van der Waals surface area contributed by atoms with E-state index in [-0.39, 0.29) is 29.6 Å². The first kappa shape index (κ1) is 22.3. The molecule has 0 bridgehead atoms. The lowest BCUT2D eigenvalue weighted by Gasteiger charge is -2.48. The number of hydrogen-bond donors (Lipinski definition) is 0. The molecule has 0 unspecified atom stereocenters. The van der Waals surface area contributed by atoms with E-state index in [1.54, 1.807) is 0 Å². The summed E-state index contributed by atoms with van der Waals surface area (Å²) in [6.07, 6.45) is 0. The molecule has 0 spiro atoms. The standard InChI is InChI=1S/C32H31NO/c1-24-30(26-16-8-3-9-17-26)29(32(34)28-20-12-5-13-21-28)23-33(22-25-14-6-2-7-15-25)31(24)27-18-10-4-11-19-27/h2-21,24,29-31H,22-23H2,1H3/t24-,29+,30+,31+/m1/s1. The van der Waals surface area contributed by atoms with Crippen LogP contribution in [0.25, 0.3) is 0 Å². The zero-order valence-electron chi connectivity index (χ0n) is 19.6. The highest BCUT2D eigenvalue weighted by Gasteiger charge is 2.45. The van der Waals surface area contributed by atoms with E-state index in [1.807, 2.05) is 30.3 Å². The van der Waals surface area contributed by atoms with Gasteiger partial charge in [0.25, 0.3) is 0 Å². The highest BCUT2D eigenvalue weighted by Crippen LogP contribution is 2.48. The third-order valence-corrected chi connectivity index (χ3v) is 7.27. The molecule has 1 fully saturated rings. The van der Waals surface area contributed by atoms with Crippen LogP contribution in [0.1, 0.15) is 45.9 Å². The number of carbonyl (C=O) groups excluding carboxylic acids is 1. The number of benzene rings is 4. The van der Waals surface area contributed by atoms with Crippen LogP contribution in [-0.4, -0.2) is 17.2 Å². The number of Topliss-reactive ketones (excluding diaryl/α,β-unsaturated/α-hetero) is 1. The summed E-state index contributed by atoms with van der Waals surface area (Å²) in [6.45, 7) is 3.88. The number of ketones is 1. The molecule has 2 nitrogen and oxygen atoms in total. The molecule has 1 heterocycles. The normalized spacial score (nSPS) is 22.9. The van der Waals surface area contributed by atoms with E-state index >= 15 is 0 Å². The van der Waals surface area contributed by atoms with Crippen molar-refractivity contribution in [1.29, 1.82) is 0 Å². The highest BCUT2D eigenvalue weighted by atomic mass is 16.1. The van der Waals surface area contributed by atoms with Crippen LogP contribution in [-0.2, 0) is 6.54 Å². The minimum atomic E-state index is -0.108. The van der Waals surface area contributed by atoms with Crippen molar-refractivity contribution in [2.24, 2.45) is 11.8 Å². The van der Waals surface area contributed by atoms with Gasteiger partial charge in [0.05, 0.1) is 0 Å². The molecule has 0 amide bonds. The van der Waals surface area contributed by atoms with E-state index in [1.165, 1.54) is 16.7 Å². The van der Waals surface area contributed by atoms with Gasteiger partial charge in [0.15, 0.2) is 5.78 Å². The van der Waals surface area contributed by atoms with Gasteiger partial charge in [0.1, 0.15) is 0 Å². The Morgan fingerprint density at radius 2 is 1.21 bits per heavy atom. The summed E-state index contributed by atoms with van der Waals surface area (Å²) in [6, 6.07) is 42.1. The Bertz CT molecular complexity index is 1190. The topological polar surface area (TPSA) is 20.3 Å². The maximum atomic E-state index is 13.9. The van der Waals surface area contributed by atoms with Crippen LogP contribution in [0.4, 0.5) is 0 Å². The van der Waals surface area contributed by atoms with Gasteiger partial charge in [-0.15, -0.1) is 0 Å². The van der Waals surface area contributed by atoms with Gasteiger partial charge in [-0.3, -0.25) is 9.69 Å². The summed E-state index contributed by atoms with van der Waals surface area (Å²) < 4.78 is 0. The zero-order chi connectivity index (χ0) is 23.3. The van der Waals surface area contributed by atoms with Gasteiger partial charge in [0, 0.05) is 30.6 Å². The van der Waals surface area contributed by atoms with E-state index in [2.05, 4.69) is 103 Å². The fraction of sp³-hybridized carbons (Fsp3) is 0.219. The average Bonchev–Trinajstić information content (AvgIpc) is 2.90. The second-order valence-electron chi connectivity index (χ2n) is 9.40. The first-order chi connectivity index (χ1) is 16.7. The quantitative estimate of drug-likeness (QED) is 0.293. The molecule has 4 aromatic rings. The number of carbonyl (C=O) groups is 1. The molecular weight excluding hydrogens is 414 g/mol. The Morgan fingerprint density at radius 1 is 0.706 bits per heavy atom. The maximum Gasteiger partial charge on any atom is 0.167 e. The Labute approximate surface area is 202 Å². The lowest BCUT2D eigenvalue weighted by molar-refractivity contribution is 0.0321. The van der Waals surface area contributed by atoms with Crippen molar-refractivity contribution in [1.82, 2.24) is 4.90 Å². The van der Waals surface area contributed by atoms with Crippen molar-refractivity contribution in [2.75, 3.05) is 6.54 Å². The Morgan fingerprint density at radius 3 is 1.79 bits per heavy atom. The van der Waals surface area contributed by atoms with E-state index in [9.17, 15) is 4.79 Å². The number of likely N-dealkylation sites (tertiary alicyclic amines) is 1. The van der Waals surface area contributed by atoms with Crippen LogP contribution in [0.2, 0.25) is 0 Å². The van der Waals surface area contributed by atoms with Gasteiger partial charge in [-0.05, 0) is 28.5 Å². The number of nitrogens with zero attached hydrogens (tertiary/aromatic N) is 1. The largest absolute Gasteiger partial charge is 0.294 e. The van der Waals surface area contributed by atoms with Crippen LogP contribution in [0.5, 0.6) is 0 Å². The molecule has 1 saturated heterocycles. The van der Waals surface area contributed by atoms with Gasteiger partial charge in [-0.1, -0.05) is 128 Å².